The van der Waals surface area contributed by atoms with Crippen molar-refractivity contribution in [3.05, 3.63) is 41.5 Å². The summed E-state index contributed by atoms with van der Waals surface area (Å²) in [6, 6.07) is 9.79. The molecule has 5 nitrogen and oxygen atoms in total. The molecule has 3 heterocycles. The lowest BCUT2D eigenvalue weighted by atomic mass is 10.0. The molecule has 1 aromatic carbocycles. The van der Waals surface area contributed by atoms with Crippen LogP contribution in [-0.4, -0.2) is 36.0 Å². The number of benzene rings is 1. The second-order valence-corrected chi connectivity index (χ2v) is 5.35. The van der Waals surface area contributed by atoms with Crippen LogP contribution in [0.25, 0.3) is 11.3 Å². The van der Waals surface area contributed by atoms with Gasteiger partial charge in [0.15, 0.2) is 11.6 Å². The van der Waals surface area contributed by atoms with Crippen LogP contribution in [0.2, 0.25) is 0 Å². The maximum Gasteiger partial charge on any atom is 0.254 e. The predicted molar refractivity (Wildman–Crippen MR) is 79.5 cm³/mol. The van der Waals surface area contributed by atoms with Crippen LogP contribution in [0, 0.1) is 0 Å². The summed E-state index contributed by atoms with van der Waals surface area (Å²) in [4.78, 5) is 18.3. The molecule has 2 aliphatic rings. The van der Waals surface area contributed by atoms with Crippen molar-refractivity contribution in [2.24, 2.45) is 0 Å². The van der Waals surface area contributed by atoms with Gasteiger partial charge in [-0.2, -0.15) is 0 Å². The number of rotatable bonds is 1. The Morgan fingerprint density at radius 2 is 2.19 bits per heavy atom. The summed E-state index contributed by atoms with van der Waals surface area (Å²) in [5, 5.41) is 3.24. The van der Waals surface area contributed by atoms with E-state index in [1.165, 1.54) is 0 Å². The highest BCUT2D eigenvalue weighted by atomic mass is 16.5. The number of nitrogens with zero attached hydrogens (tertiary/aromatic N) is 2. The minimum atomic E-state index is 0.0880. The maximum absolute atomic E-state index is 11.9. The van der Waals surface area contributed by atoms with Crippen LogP contribution in [-0.2, 0) is 6.54 Å². The predicted octanol–water partition coefficient (Wildman–Crippen LogP) is 2.14. The van der Waals surface area contributed by atoms with Gasteiger partial charge >= 0.3 is 0 Å². The summed E-state index contributed by atoms with van der Waals surface area (Å²) in [6.45, 7) is 2.10. The summed E-state index contributed by atoms with van der Waals surface area (Å²) in [5.74, 6) is 1.67. The second-order valence-electron chi connectivity index (χ2n) is 5.35. The molecule has 21 heavy (non-hydrogen) atoms. The number of aromatic nitrogens is 1. The highest BCUT2D eigenvalue weighted by Crippen LogP contribution is 2.31. The Morgan fingerprint density at radius 1 is 1.29 bits per heavy atom. The lowest BCUT2D eigenvalue weighted by Gasteiger charge is -2.18. The molecule has 0 saturated carbocycles. The van der Waals surface area contributed by atoms with Gasteiger partial charge in [-0.1, -0.05) is 6.07 Å². The number of amides is 1. The van der Waals surface area contributed by atoms with E-state index in [9.17, 15) is 4.79 Å². The number of pyridine rings is 1. The van der Waals surface area contributed by atoms with Crippen molar-refractivity contribution >= 4 is 11.7 Å². The van der Waals surface area contributed by atoms with Crippen LogP contribution in [0.15, 0.2) is 30.3 Å². The Bertz CT molecular complexity index is 742. The SMILES string of the molecule is CN1Cc2cc(-c3ccc4c(n3)NCCO4)ccc2C1=O. The molecular formula is C16H15N3O2. The zero-order valence-corrected chi connectivity index (χ0v) is 11.7. The molecule has 0 unspecified atom stereocenters. The summed E-state index contributed by atoms with van der Waals surface area (Å²) < 4.78 is 5.54. The van der Waals surface area contributed by atoms with Crippen molar-refractivity contribution in [3.8, 4) is 17.0 Å². The highest BCUT2D eigenvalue weighted by molar-refractivity contribution is 5.98. The number of ether oxygens (including phenoxy) is 1. The quantitative estimate of drug-likeness (QED) is 0.870. The van der Waals surface area contributed by atoms with Crippen molar-refractivity contribution in [2.75, 3.05) is 25.5 Å². The number of carbonyl (C=O) groups excluding carboxylic acids is 1. The van der Waals surface area contributed by atoms with E-state index < -0.39 is 0 Å². The smallest absolute Gasteiger partial charge is 0.254 e. The Kier molecular flexibility index (Phi) is 2.60. The van der Waals surface area contributed by atoms with Gasteiger partial charge in [0, 0.05) is 24.7 Å². The van der Waals surface area contributed by atoms with Gasteiger partial charge < -0.3 is 15.0 Å². The third-order valence-corrected chi connectivity index (χ3v) is 3.90. The number of fused-ring (bicyclic) bond motifs is 2. The van der Waals surface area contributed by atoms with Crippen molar-refractivity contribution in [2.45, 2.75) is 6.54 Å². The molecule has 2 aliphatic heterocycles. The topological polar surface area (TPSA) is 54.5 Å². The second kappa shape index (κ2) is 4.48. The fourth-order valence-corrected chi connectivity index (χ4v) is 2.81. The summed E-state index contributed by atoms with van der Waals surface area (Å²) in [6.07, 6.45) is 0. The van der Waals surface area contributed by atoms with Crippen LogP contribution >= 0.6 is 0 Å². The maximum atomic E-state index is 11.9. The molecule has 0 atom stereocenters. The van der Waals surface area contributed by atoms with Gasteiger partial charge in [0.25, 0.3) is 5.91 Å². The lowest BCUT2D eigenvalue weighted by Crippen LogP contribution is -2.19. The van der Waals surface area contributed by atoms with Gasteiger partial charge in [-0.15, -0.1) is 0 Å². The van der Waals surface area contributed by atoms with E-state index >= 15 is 0 Å². The molecule has 4 rings (SSSR count). The Balaban J connectivity index is 1.75. The largest absolute Gasteiger partial charge is 0.488 e. The summed E-state index contributed by atoms with van der Waals surface area (Å²) >= 11 is 0. The third-order valence-electron chi connectivity index (χ3n) is 3.90. The molecule has 0 radical (unpaired) electrons. The molecule has 0 aliphatic carbocycles. The first-order valence-corrected chi connectivity index (χ1v) is 6.99. The first kappa shape index (κ1) is 12.2. The number of hydrogen-bond donors (Lipinski definition) is 1. The highest BCUT2D eigenvalue weighted by Gasteiger charge is 2.24. The van der Waals surface area contributed by atoms with Crippen LogP contribution in [0.3, 0.4) is 0 Å². The molecule has 0 bridgehead atoms. The van der Waals surface area contributed by atoms with Crippen molar-refractivity contribution in [1.82, 2.24) is 9.88 Å². The van der Waals surface area contributed by atoms with Crippen molar-refractivity contribution < 1.29 is 9.53 Å². The molecule has 106 valence electrons. The van der Waals surface area contributed by atoms with Gasteiger partial charge in [-0.3, -0.25) is 4.79 Å². The molecule has 1 amide bonds. The molecule has 1 N–H and O–H groups in total. The van der Waals surface area contributed by atoms with Gasteiger partial charge in [0.1, 0.15) is 6.61 Å². The van der Waals surface area contributed by atoms with Crippen LogP contribution < -0.4 is 10.1 Å². The van der Waals surface area contributed by atoms with Gasteiger partial charge in [0.2, 0.25) is 0 Å². The standard InChI is InChI=1S/C16H15N3O2/c1-19-9-11-8-10(2-3-12(11)16(19)20)13-4-5-14-15(18-13)17-6-7-21-14/h2-5,8H,6-7,9H2,1H3,(H,17,18). The number of anilines is 1. The Labute approximate surface area is 122 Å². The minimum absolute atomic E-state index is 0.0880. The van der Waals surface area contributed by atoms with E-state index in [0.29, 0.717) is 13.2 Å². The normalized spacial score (nSPS) is 16.0. The number of carbonyl (C=O) groups is 1. The first-order chi connectivity index (χ1) is 10.2. The van der Waals surface area contributed by atoms with Gasteiger partial charge in [0.05, 0.1) is 12.2 Å². The number of nitrogens with one attached hydrogen (secondary N) is 1. The van der Waals surface area contributed by atoms with Gasteiger partial charge in [-0.25, -0.2) is 4.98 Å². The van der Waals surface area contributed by atoms with E-state index in [1.54, 1.807) is 4.90 Å². The fourth-order valence-electron chi connectivity index (χ4n) is 2.81. The molecule has 0 fully saturated rings. The van der Waals surface area contributed by atoms with E-state index in [2.05, 4.69) is 16.4 Å². The average Bonchev–Trinajstić information content (AvgIpc) is 2.81. The van der Waals surface area contributed by atoms with Crippen molar-refractivity contribution in [1.29, 1.82) is 0 Å². The average molecular weight is 281 g/mol. The molecule has 5 heteroatoms. The fraction of sp³-hybridized carbons (Fsp3) is 0.250. The summed E-state index contributed by atoms with van der Waals surface area (Å²) in [7, 11) is 1.82. The minimum Gasteiger partial charge on any atom is -0.488 e. The van der Waals surface area contributed by atoms with Crippen LogP contribution in [0.4, 0.5) is 5.82 Å². The Morgan fingerprint density at radius 3 is 3.10 bits per heavy atom. The molecule has 0 saturated heterocycles. The monoisotopic (exact) mass is 281 g/mol. The summed E-state index contributed by atoms with van der Waals surface area (Å²) in [5.41, 5.74) is 3.76. The zero-order valence-electron chi connectivity index (χ0n) is 11.7. The van der Waals surface area contributed by atoms with E-state index in [0.717, 1.165) is 40.5 Å². The zero-order chi connectivity index (χ0) is 14.4. The van der Waals surface area contributed by atoms with E-state index in [4.69, 9.17) is 4.74 Å². The number of hydrogen-bond acceptors (Lipinski definition) is 4. The van der Waals surface area contributed by atoms with Crippen molar-refractivity contribution in [3.63, 3.8) is 0 Å². The van der Waals surface area contributed by atoms with Crippen LogP contribution in [0.5, 0.6) is 5.75 Å². The van der Waals surface area contributed by atoms with Gasteiger partial charge in [-0.05, 0) is 29.8 Å². The molecule has 1 aromatic heterocycles. The van der Waals surface area contributed by atoms with E-state index in [1.807, 2.05) is 31.3 Å². The molecule has 0 spiro atoms. The van der Waals surface area contributed by atoms with E-state index in [-0.39, 0.29) is 5.91 Å². The third kappa shape index (κ3) is 1.93. The molecular weight excluding hydrogens is 266 g/mol. The molecule has 2 aromatic rings. The van der Waals surface area contributed by atoms with Crippen LogP contribution in [0.1, 0.15) is 15.9 Å². The lowest BCUT2D eigenvalue weighted by molar-refractivity contribution is 0.0816. The Hall–Kier alpha value is -2.56. The first-order valence-electron chi connectivity index (χ1n) is 6.99.